The van der Waals surface area contributed by atoms with Gasteiger partial charge in [0.25, 0.3) is 0 Å². The van der Waals surface area contributed by atoms with Gasteiger partial charge < -0.3 is 5.43 Å². The molecule has 0 atom stereocenters. The van der Waals surface area contributed by atoms with Gasteiger partial charge in [0.1, 0.15) is 5.84 Å². The van der Waals surface area contributed by atoms with E-state index in [1.54, 1.807) is 11.3 Å². The number of hydrazine groups is 1. The molecule has 0 aliphatic carbocycles. The van der Waals surface area contributed by atoms with Crippen molar-refractivity contribution in [3.8, 4) is 0 Å². The lowest BCUT2D eigenvalue weighted by Gasteiger charge is -2.02. The van der Waals surface area contributed by atoms with Gasteiger partial charge >= 0.3 is 0 Å². The van der Waals surface area contributed by atoms with Crippen molar-refractivity contribution in [2.24, 2.45) is 10.8 Å². The molecule has 0 unspecified atom stereocenters. The monoisotopic (exact) mass is 217 g/mol. The Hall–Kier alpha value is -1.65. The van der Waals surface area contributed by atoms with E-state index in [9.17, 15) is 0 Å². The van der Waals surface area contributed by atoms with Gasteiger partial charge in [-0.3, -0.25) is 0 Å². The van der Waals surface area contributed by atoms with Crippen molar-refractivity contribution in [2.45, 2.75) is 0 Å². The highest BCUT2D eigenvalue weighted by atomic mass is 32.1. The minimum atomic E-state index is 0.683. The van der Waals surface area contributed by atoms with E-state index >= 15 is 0 Å². The van der Waals surface area contributed by atoms with E-state index in [1.807, 2.05) is 47.2 Å². The van der Waals surface area contributed by atoms with Crippen molar-refractivity contribution in [2.75, 3.05) is 0 Å². The first-order chi connectivity index (χ1) is 7.40. The van der Waals surface area contributed by atoms with Crippen molar-refractivity contribution < 1.29 is 0 Å². The van der Waals surface area contributed by atoms with Gasteiger partial charge in [0.05, 0.1) is 5.69 Å². The van der Waals surface area contributed by atoms with Crippen LogP contribution in [0.3, 0.4) is 0 Å². The highest BCUT2D eigenvalue weighted by molar-refractivity contribution is 7.08. The smallest absolute Gasteiger partial charge is 0.148 e. The Balaban J connectivity index is 2.32. The molecule has 0 saturated carbocycles. The molecule has 2 aromatic rings. The van der Waals surface area contributed by atoms with Crippen molar-refractivity contribution >= 4 is 22.9 Å². The van der Waals surface area contributed by atoms with E-state index in [4.69, 9.17) is 5.84 Å². The zero-order chi connectivity index (χ0) is 10.5. The Bertz CT molecular complexity index is 434. The number of thiophene rings is 1. The van der Waals surface area contributed by atoms with E-state index in [-0.39, 0.29) is 0 Å². The van der Waals surface area contributed by atoms with Crippen LogP contribution < -0.4 is 11.3 Å². The average molecular weight is 217 g/mol. The molecule has 0 amide bonds. The molecule has 0 spiro atoms. The lowest BCUT2D eigenvalue weighted by molar-refractivity contribution is 1.02. The van der Waals surface area contributed by atoms with Gasteiger partial charge in [-0.05, 0) is 23.6 Å². The molecular formula is C11H11N3S. The Morgan fingerprint density at radius 1 is 1.20 bits per heavy atom. The first kappa shape index (κ1) is 9.89. The summed E-state index contributed by atoms with van der Waals surface area (Å²) in [5.74, 6) is 6.12. The molecule has 76 valence electrons. The molecule has 15 heavy (non-hydrogen) atoms. The predicted octanol–water partition coefficient (Wildman–Crippen LogP) is 2.29. The second-order valence-corrected chi connectivity index (χ2v) is 3.73. The molecule has 1 aromatic heterocycles. The molecule has 3 nitrogen and oxygen atoms in total. The Labute approximate surface area is 92.2 Å². The van der Waals surface area contributed by atoms with Crippen LogP contribution in [0.5, 0.6) is 0 Å². The van der Waals surface area contributed by atoms with Crippen molar-refractivity contribution in [3.63, 3.8) is 0 Å². The third-order valence-electron chi connectivity index (χ3n) is 1.93. The number of hydrogen-bond acceptors (Lipinski definition) is 3. The van der Waals surface area contributed by atoms with Gasteiger partial charge in [0.15, 0.2) is 0 Å². The number of benzene rings is 1. The lowest BCUT2D eigenvalue weighted by Crippen LogP contribution is -2.30. The molecule has 2 rings (SSSR count). The molecule has 1 aromatic carbocycles. The number of amidine groups is 1. The molecule has 4 heteroatoms. The summed E-state index contributed by atoms with van der Waals surface area (Å²) in [7, 11) is 0. The molecule has 0 fully saturated rings. The number of hydrogen-bond donors (Lipinski definition) is 2. The highest BCUT2D eigenvalue weighted by Crippen LogP contribution is 2.13. The standard InChI is InChI=1S/C11H11N3S/c12-14-11(9-6-7-15-8-9)13-10-4-2-1-3-5-10/h1-8H,12H2,(H,13,14). The molecule has 0 aliphatic heterocycles. The van der Waals surface area contributed by atoms with Crippen LogP contribution in [0.25, 0.3) is 0 Å². The van der Waals surface area contributed by atoms with Gasteiger partial charge in [0.2, 0.25) is 0 Å². The lowest BCUT2D eigenvalue weighted by atomic mass is 10.3. The molecule has 0 aliphatic rings. The number of aliphatic imine (C=N–C) groups is 1. The predicted molar refractivity (Wildman–Crippen MR) is 64.3 cm³/mol. The summed E-state index contributed by atoms with van der Waals surface area (Å²) < 4.78 is 0. The van der Waals surface area contributed by atoms with Gasteiger partial charge in [0, 0.05) is 10.9 Å². The van der Waals surface area contributed by atoms with E-state index in [1.165, 1.54) is 0 Å². The zero-order valence-electron chi connectivity index (χ0n) is 8.05. The number of nitrogens with two attached hydrogens (primary N) is 1. The average Bonchev–Trinajstić information content (AvgIpc) is 2.81. The largest absolute Gasteiger partial charge is 0.308 e. The van der Waals surface area contributed by atoms with Gasteiger partial charge in [-0.1, -0.05) is 18.2 Å². The van der Waals surface area contributed by atoms with Crippen LogP contribution >= 0.6 is 11.3 Å². The highest BCUT2D eigenvalue weighted by Gasteiger charge is 2.01. The summed E-state index contributed by atoms with van der Waals surface area (Å²) in [5.41, 5.74) is 4.50. The number of nitrogens with zero attached hydrogens (tertiary/aromatic N) is 1. The van der Waals surface area contributed by atoms with E-state index in [0.29, 0.717) is 5.84 Å². The topological polar surface area (TPSA) is 50.4 Å². The number of rotatable bonds is 2. The summed E-state index contributed by atoms with van der Waals surface area (Å²) in [6.07, 6.45) is 0. The quantitative estimate of drug-likeness (QED) is 0.351. The molecule has 3 N–H and O–H groups in total. The molecule has 0 bridgehead atoms. The van der Waals surface area contributed by atoms with Crippen LogP contribution in [0.1, 0.15) is 5.56 Å². The fourth-order valence-corrected chi connectivity index (χ4v) is 1.85. The van der Waals surface area contributed by atoms with Crippen molar-refractivity contribution in [1.82, 2.24) is 5.43 Å². The Morgan fingerprint density at radius 3 is 2.60 bits per heavy atom. The zero-order valence-corrected chi connectivity index (χ0v) is 8.87. The minimum Gasteiger partial charge on any atom is -0.308 e. The van der Waals surface area contributed by atoms with Crippen LogP contribution in [-0.2, 0) is 0 Å². The summed E-state index contributed by atoms with van der Waals surface area (Å²) in [6.45, 7) is 0. The first-order valence-electron chi connectivity index (χ1n) is 4.53. The van der Waals surface area contributed by atoms with Crippen LogP contribution in [0.2, 0.25) is 0 Å². The maximum atomic E-state index is 5.44. The minimum absolute atomic E-state index is 0.683. The van der Waals surface area contributed by atoms with E-state index in [2.05, 4.69) is 10.4 Å². The maximum Gasteiger partial charge on any atom is 0.148 e. The number of nitrogens with one attached hydrogen (secondary N) is 1. The van der Waals surface area contributed by atoms with Crippen LogP contribution in [0, 0.1) is 0 Å². The Kier molecular flexibility index (Phi) is 3.11. The van der Waals surface area contributed by atoms with Crippen LogP contribution in [-0.4, -0.2) is 5.84 Å². The second kappa shape index (κ2) is 4.72. The van der Waals surface area contributed by atoms with Gasteiger partial charge in [-0.25, -0.2) is 10.8 Å². The molecular weight excluding hydrogens is 206 g/mol. The first-order valence-corrected chi connectivity index (χ1v) is 5.47. The summed E-state index contributed by atoms with van der Waals surface area (Å²) in [6, 6.07) is 11.7. The fourth-order valence-electron chi connectivity index (χ4n) is 1.21. The normalized spacial score (nSPS) is 11.4. The van der Waals surface area contributed by atoms with Crippen molar-refractivity contribution in [3.05, 3.63) is 52.7 Å². The molecule has 1 heterocycles. The van der Waals surface area contributed by atoms with E-state index in [0.717, 1.165) is 11.3 Å². The maximum absolute atomic E-state index is 5.44. The summed E-state index contributed by atoms with van der Waals surface area (Å²) in [4.78, 5) is 4.41. The third kappa shape index (κ3) is 2.43. The van der Waals surface area contributed by atoms with Crippen molar-refractivity contribution in [1.29, 1.82) is 0 Å². The van der Waals surface area contributed by atoms with Gasteiger partial charge in [-0.15, -0.1) is 0 Å². The number of para-hydroxylation sites is 1. The molecule has 0 saturated heterocycles. The molecule has 0 radical (unpaired) electrons. The fraction of sp³-hybridized carbons (Fsp3) is 0. The van der Waals surface area contributed by atoms with Crippen LogP contribution in [0.4, 0.5) is 5.69 Å². The third-order valence-corrected chi connectivity index (χ3v) is 2.61. The summed E-state index contributed by atoms with van der Waals surface area (Å²) >= 11 is 1.62. The van der Waals surface area contributed by atoms with Gasteiger partial charge in [-0.2, -0.15) is 11.3 Å². The second-order valence-electron chi connectivity index (χ2n) is 2.95. The van der Waals surface area contributed by atoms with E-state index < -0.39 is 0 Å². The SMILES string of the molecule is NNC(=Nc1ccccc1)c1ccsc1. The summed E-state index contributed by atoms with van der Waals surface area (Å²) in [5, 5.41) is 3.99. The van der Waals surface area contributed by atoms with Crippen LogP contribution in [0.15, 0.2) is 52.2 Å². The Morgan fingerprint density at radius 2 is 2.00 bits per heavy atom.